The molecule has 0 spiro atoms. The first-order valence-electron chi connectivity index (χ1n) is 6.62. The van der Waals surface area contributed by atoms with Crippen LogP contribution in [0.5, 0.6) is 0 Å². The quantitative estimate of drug-likeness (QED) is 0.853. The number of rotatable bonds is 1. The Balaban J connectivity index is 2.29. The van der Waals surface area contributed by atoms with Crippen LogP contribution in [-0.4, -0.2) is 25.7 Å². The highest BCUT2D eigenvalue weighted by atomic mass is 79.9. The number of benzene rings is 1. The summed E-state index contributed by atoms with van der Waals surface area (Å²) in [5.74, 6) is 0. The van der Waals surface area contributed by atoms with E-state index in [-0.39, 0.29) is 0 Å². The van der Waals surface area contributed by atoms with Crippen molar-refractivity contribution in [3.63, 3.8) is 0 Å². The average Bonchev–Trinajstić information content (AvgIpc) is 2.37. The van der Waals surface area contributed by atoms with Crippen molar-refractivity contribution in [2.75, 3.05) is 24.5 Å². The molecule has 0 radical (unpaired) electrons. The second-order valence-corrected chi connectivity index (χ2v) is 7.17. The molecule has 0 aromatic heterocycles. The van der Waals surface area contributed by atoms with Gasteiger partial charge in [-0.1, -0.05) is 29.8 Å². The van der Waals surface area contributed by atoms with E-state index in [0.717, 1.165) is 24.1 Å². The number of nitrogens with zero attached hydrogens (tertiary/aromatic N) is 1. The van der Waals surface area contributed by atoms with E-state index >= 15 is 0 Å². The van der Waals surface area contributed by atoms with Gasteiger partial charge in [0.1, 0.15) is 0 Å². The number of halogens is 1. The summed E-state index contributed by atoms with van der Waals surface area (Å²) < 4.78 is 1.16. The number of hydrogen-bond acceptors (Lipinski definition) is 2. The molecule has 1 heterocycles. The molecule has 1 atom stereocenters. The molecule has 2 rings (SSSR count). The maximum Gasteiger partial charge on any atom is 0.0397 e. The molecule has 1 aromatic rings. The molecule has 1 unspecified atom stereocenters. The van der Waals surface area contributed by atoms with Crippen molar-refractivity contribution >= 4 is 21.6 Å². The molecular formula is C15H23BrN2. The maximum absolute atomic E-state index is 3.61. The fourth-order valence-corrected chi connectivity index (χ4v) is 3.12. The van der Waals surface area contributed by atoms with Crippen LogP contribution in [0.1, 0.15) is 26.3 Å². The number of anilines is 1. The van der Waals surface area contributed by atoms with Gasteiger partial charge in [0.25, 0.3) is 0 Å². The molecule has 3 heteroatoms. The van der Waals surface area contributed by atoms with E-state index < -0.39 is 0 Å². The molecular weight excluding hydrogens is 288 g/mol. The Labute approximate surface area is 119 Å². The van der Waals surface area contributed by atoms with Crippen molar-refractivity contribution in [3.05, 3.63) is 28.2 Å². The zero-order valence-corrected chi connectivity index (χ0v) is 13.3. The summed E-state index contributed by atoms with van der Waals surface area (Å²) in [5, 5.41) is 3.61. The first-order valence-corrected chi connectivity index (χ1v) is 7.41. The fourth-order valence-electron chi connectivity index (χ4n) is 2.64. The van der Waals surface area contributed by atoms with Gasteiger partial charge in [-0.15, -0.1) is 0 Å². The van der Waals surface area contributed by atoms with Crippen molar-refractivity contribution in [3.8, 4) is 0 Å². The predicted octanol–water partition coefficient (Wildman–Crippen LogP) is 3.58. The first kappa shape index (κ1) is 13.9. The summed E-state index contributed by atoms with van der Waals surface area (Å²) in [7, 11) is 0. The van der Waals surface area contributed by atoms with Crippen molar-refractivity contribution in [2.24, 2.45) is 5.41 Å². The molecule has 1 aliphatic rings. The topological polar surface area (TPSA) is 15.3 Å². The van der Waals surface area contributed by atoms with Crippen molar-refractivity contribution in [2.45, 2.75) is 33.7 Å². The van der Waals surface area contributed by atoms with Crippen LogP contribution in [0.3, 0.4) is 0 Å². The van der Waals surface area contributed by atoms with E-state index in [4.69, 9.17) is 0 Å². The van der Waals surface area contributed by atoms with E-state index in [1.54, 1.807) is 0 Å². The second-order valence-electron chi connectivity index (χ2n) is 6.26. The average molecular weight is 311 g/mol. The minimum atomic E-state index is 0.310. The molecule has 2 nitrogen and oxygen atoms in total. The largest absolute Gasteiger partial charge is 0.369 e. The van der Waals surface area contributed by atoms with E-state index in [1.165, 1.54) is 11.3 Å². The van der Waals surface area contributed by atoms with Crippen LogP contribution in [0, 0.1) is 12.3 Å². The van der Waals surface area contributed by atoms with Gasteiger partial charge in [0.2, 0.25) is 0 Å². The standard InChI is InChI=1S/C15H23BrN2/c1-11-7-13(16)5-6-14(11)18-8-12(2)17-9-15(3,4)10-18/h5-7,12,17H,8-10H2,1-4H3. The first-order chi connectivity index (χ1) is 8.37. The lowest BCUT2D eigenvalue weighted by Crippen LogP contribution is -2.36. The third-order valence-corrected chi connectivity index (χ3v) is 4.03. The molecule has 1 fully saturated rings. The molecule has 18 heavy (non-hydrogen) atoms. The molecule has 1 N–H and O–H groups in total. The Morgan fingerprint density at radius 1 is 1.39 bits per heavy atom. The summed E-state index contributed by atoms with van der Waals surface area (Å²) in [4.78, 5) is 2.52. The minimum absolute atomic E-state index is 0.310. The maximum atomic E-state index is 3.61. The van der Waals surface area contributed by atoms with Crippen LogP contribution in [0.25, 0.3) is 0 Å². The Kier molecular flexibility index (Phi) is 4.02. The van der Waals surface area contributed by atoms with Gasteiger partial charge in [-0.25, -0.2) is 0 Å². The van der Waals surface area contributed by atoms with Crippen LogP contribution in [0.2, 0.25) is 0 Å². The molecule has 0 saturated carbocycles. The Morgan fingerprint density at radius 2 is 2.11 bits per heavy atom. The molecule has 0 aliphatic carbocycles. The third kappa shape index (κ3) is 3.27. The SMILES string of the molecule is Cc1cc(Br)ccc1N1CC(C)NCC(C)(C)C1. The smallest absolute Gasteiger partial charge is 0.0397 e. The fraction of sp³-hybridized carbons (Fsp3) is 0.600. The summed E-state index contributed by atoms with van der Waals surface area (Å²) in [6, 6.07) is 7.10. The van der Waals surface area contributed by atoms with Crippen LogP contribution < -0.4 is 10.2 Å². The van der Waals surface area contributed by atoms with Crippen LogP contribution >= 0.6 is 15.9 Å². The Morgan fingerprint density at radius 3 is 2.78 bits per heavy atom. The number of nitrogens with one attached hydrogen (secondary N) is 1. The molecule has 0 bridgehead atoms. The van der Waals surface area contributed by atoms with E-state index in [2.05, 4.69) is 72.0 Å². The summed E-state index contributed by atoms with van der Waals surface area (Å²) in [6.45, 7) is 12.4. The summed E-state index contributed by atoms with van der Waals surface area (Å²) >= 11 is 3.54. The Hall–Kier alpha value is -0.540. The highest BCUT2D eigenvalue weighted by Gasteiger charge is 2.27. The lowest BCUT2D eigenvalue weighted by molar-refractivity contribution is 0.362. The normalized spacial score (nSPS) is 23.8. The van der Waals surface area contributed by atoms with Crippen LogP contribution in [-0.2, 0) is 0 Å². The number of aryl methyl sites for hydroxylation is 1. The monoisotopic (exact) mass is 310 g/mol. The molecule has 0 amide bonds. The van der Waals surface area contributed by atoms with Crippen LogP contribution in [0.4, 0.5) is 5.69 Å². The lowest BCUT2D eigenvalue weighted by Gasteiger charge is -2.32. The minimum Gasteiger partial charge on any atom is -0.369 e. The van der Waals surface area contributed by atoms with Gasteiger partial charge in [0.05, 0.1) is 0 Å². The second kappa shape index (κ2) is 5.22. The molecule has 1 aliphatic heterocycles. The van der Waals surface area contributed by atoms with E-state index in [1.807, 2.05) is 0 Å². The zero-order valence-electron chi connectivity index (χ0n) is 11.8. The lowest BCUT2D eigenvalue weighted by atomic mass is 9.93. The van der Waals surface area contributed by atoms with Crippen molar-refractivity contribution < 1.29 is 0 Å². The van der Waals surface area contributed by atoms with Crippen molar-refractivity contribution in [1.82, 2.24) is 5.32 Å². The van der Waals surface area contributed by atoms with Gasteiger partial charge in [0, 0.05) is 35.8 Å². The highest BCUT2D eigenvalue weighted by molar-refractivity contribution is 9.10. The summed E-state index contributed by atoms with van der Waals surface area (Å²) in [5.41, 5.74) is 3.01. The summed E-state index contributed by atoms with van der Waals surface area (Å²) in [6.07, 6.45) is 0. The van der Waals surface area contributed by atoms with Gasteiger partial charge < -0.3 is 10.2 Å². The molecule has 1 aromatic carbocycles. The van der Waals surface area contributed by atoms with Crippen LogP contribution in [0.15, 0.2) is 22.7 Å². The molecule has 1 saturated heterocycles. The van der Waals surface area contributed by atoms with E-state index in [9.17, 15) is 0 Å². The van der Waals surface area contributed by atoms with Crippen molar-refractivity contribution in [1.29, 1.82) is 0 Å². The Bertz CT molecular complexity index is 429. The van der Waals surface area contributed by atoms with E-state index in [0.29, 0.717) is 11.5 Å². The van der Waals surface area contributed by atoms with Gasteiger partial charge in [-0.3, -0.25) is 0 Å². The van der Waals surface area contributed by atoms with Gasteiger partial charge in [-0.05, 0) is 43.0 Å². The highest BCUT2D eigenvalue weighted by Crippen LogP contribution is 2.28. The van der Waals surface area contributed by atoms with Gasteiger partial charge in [0.15, 0.2) is 0 Å². The molecule has 100 valence electrons. The van der Waals surface area contributed by atoms with Gasteiger partial charge >= 0.3 is 0 Å². The third-order valence-electron chi connectivity index (χ3n) is 3.54. The zero-order chi connectivity index (χ0) is 13.3. The number of hydrogen-bond donors (Lipinski definition) is 1. The predicted molar refractivity (Wildman–Crippen MR) is 82.3 cm³/mol. The van der Waals surface area contributed by atoms with Gasteiger partial charge in [-0.2, -0.15) is 0 Å².